The second-order valence-corrected chi connectivity index (χ2v) is 8.07. The smallest absolute Gasteiger partial charge is 0.274 e. The molecule has 0 aliphatic carbocycles. The van der Waals surface area contributed by atoms with Gasteiger partial charge in [0.2, 0.25) is 0 Å². The molecule has 0 amide bonds. The highest BCUT2D eigenvalue weighted by molar-refractivity contribution is 7.59. The Morgan fingerprint density at radius 3 is 2.81 bits per heavy atom. The molecule has 0 spiro atoms. The molecule has 0 saturated carbocycles. The lowest BCUT2D eigenvalue weighted by atomic mass is 10.2. The maximum absolute atomic E-state index is 11.3. The molecular weight excluding hydrogens is 396 g/mol. The van der Waals surface area contributed by atoms with Gasteiger partial charge < -0.3 is 34.8 Å². The molecule has 0 bridgehead atoms. The highest BCUT2D eigenvalue weighted by atomic mass is 31.3. The standard InChI is InChI=1S/C10H15N5O9P2/c11-8-7-9(13-3-12-8)15(4-14-7)10-6(16)1-5(23-10)2-22-26(20,21)24-25(17,18)19/h3-6,10,16H,1-2H2,(H,20,21)(H2,11,12,13)(H2,17,18,19)/p-2/t5-,6+,10+/m0/s1. The van der Waals surface area contributed by atoms with Gasteiger partial charge in [-0.25, -0.2) is 19.3 Å². The van der Waals surface area contributed by atoms with Gasteiger partial charge in [-0.05, 0) is 0 Å². The van der Waals surface area contributed by atoms with Gasteiger partial charge in [0, 0.05) is 6.42 Å². The van der Waals surface area contributed by atoms with Crippen molar-refractivity contribution < 1.29 is 42.5 Å². The molecule has 1 saturated heterocycles. The summed E-state index contributed by atoms with van der Waals surface area (Å²) in [7, 11) is -10.8. The minimum atomic E-state index is -5.52. The maximum atomic E-state index is 11.3. The lowest BCUT2D eigenvalue weighted by Gasteiger charge is -2.28. The number of aromatic nitrogens is 4. The predicted molar refractivity (Wildman–Crippen MR) is 78.7 cm³/mol. The first-order valence-corrected chi connectivity index (χ1v) is 9.98. The molecule has 1 aliphatic rings. The number of imidazole rings is 1. The van der Waals surface area contributed by atoms with E-state index in [1.807, 2.05) is 0 Å². The van der Waals surface area contributed by atoms with Crippen LogP contribution in [-0.4, -0.2) is 48.3 Å². The van der Waals surface area contributed by atoms with Gasteiger partial charge in [-0.3, -0.25) is 13.7 Å². The summed E-state index contributed by atoms with van der Waals surface area (Å²) in [6, 6.07) is 0. The zero-order chi connectivity index (χ0) is 19.1. The molecule has 0 aromatic carbocycles. The minimum Gasteiger partial charge on any atom is -0.756 e. The van der Waals surface area contributed by atoms with Crippen LogP contribution < -0.4 is 15.5 Å². The molecule has 2 aromatic heterocycles. The topological polar surface area (TPSA) is 218 Å². The molecule has 1 aliphatic heterocycles. The van der Waals surface area contributed by atoms with E-state index in [0.29, 0.717) is 11.2 Å². The summed E-state index contributed by atoms with van der Waals surface area (Å²) >= 11 is 0. The van der Waals surface area contributed by atoms with Gasteiger partial charge in [0.05, 0.1) is 19.0 Å². The number of anilines is 1. The van der Waals surface area contributed by atoms with Crippen LogP contribution >= 0.6 is 15.6 Å². The zero-order valence-electron chi connectivity index (χ0n) is 12.8. The lowest BCUT2D eigenvalue weighted by Crippen LogP contribution is -2.20. The van der Waals surface area contributed by atoms with Crippen LogP contribution in [0.1, 0.15) is 12.6 Å². The van der Waals surface area contributed by atoms with E-state index in [1.165, 1.54) is 17.2 Å². The van der Waals surface area contributed by atoms with Crippen LogP contribution in [-0.2, 0) is 22.7 Å². The minimum absolute atomic E-state index is 0.0287. The summed E-state index contributed by atoms with van der Waals surface area (Å²) in [5.41, 5.74) is 6.28. The average molecular weight is 409 g/mol. The van der Waals surface area contributed by atoms with Gasteiger partial charge in [-0.15, -0.1) is 0 Å². The number of phosphoric acid groups is 2. The third kappa shape index (κ3) is 4.26. The summed E-state index contributed by atoms with van der Waals surface area (Å²) in [6.07, 6.45) is -0.431. The summed E-state index contributed by atoms with van der Waals surface area (Å²) in [6.45, 7) is -0.641. The van der Waals surface area contributed by atoms with E-state index in [0.717, 1.165) is 0 Å². The Balaban J connectivity index is 1.69. The van der Waals surface area contributed by atoms with Gasteiger partial charge in [0.25, 0.3) is 15.6 Å². The van der Waals surface area contributed by atoms with E-state index in [2.05, 4.69) is 23.8 Å². The molecular formula is C10H13N5O9P2-2. The number of phosphoric ester groups is 1. The maximum Gasteiger partial charge on any atom is 0.274 e. The molecule has 0 radical (unpaired) electrons. The number of hydrogen-bond acceptors (Lipinski definition) is 12. The van der Waals surface area contributed by atoms with Crippen LogP contribution in [0.4, 0.5) is 5.82 Å². The van der Waals surface area contributed by atoms with Gasteiger partial charge in [-0.2, -0.15) is 0 Å². The lowest BCUT2D eigenvalue weighted by molar-refractivity contribution is -0.242. The molecule has 144 valence electrons. The Labute approximate surface area is 145 Å². The Bertz CT molecular complexity index is 900. The molecule has 4 N–H and O–H groups in total. The number of aliphatic hydroxyl groups excluding tert-OH is 1. The molecule has 3 heterocycles. The highest BCUT2D eigenvalue weighted by Crippen LogP contribution is 2.52. The van der Waals surface area contributed by atoms with Crippen LogP contribution in [0, 0.1) is 0 Å². The quantitative estimate of drug-likeness (QED) is 0.441. The van der Waals surface area contributed by atoms with Crippen LogP contribution in [0.2, 0.25) is 0 Å². The summed E-state index contributed by atoms with van der Waals surface area (Å²) in [5.74, 6) is 0.136. The largest absolute Gasteiger partial charge is 0.756 e. The van der Waals surface area contributed by atoms with E-state index in [4.69, 9.17) is 15.4 Å². The molecule has 5 atom stereocenters. The molecule has 14 nitrogen and oxygen atoms in total. The normalized spacial score (nSPS) is 28.1. The number of hydrogen-bond donors (Lipinski definition) is 3. The van der Waals surface area contributed by atoms with Crippen molar-refractivity contribution in [1.29, 1.82) is 0 Å². The van der Waals surface area contributed by atoms with E-state index >= 15 is 0 Å². The van der Waals surface area contributed by atoms with Gasteiger partial charge in [0.1, 0.15) is 17.9 Å². The van der Waals surface area contributed by atoms with Crippen LogP contribution in [0.25, 0.3) is 11.2 Å². The van der Waals surface area contributed by atoms with Crippen molar-refractivity contribution >= 4 is 32.6 Å². The van der Waals surface area contributed by atoms with Crippen molar-refractivity contribution in [3.8, 4) is 0 Å². The van der Waals surface area contributed by atoms with Crippen molar-refractivity contribution in [1.82, 2.24) is 19.5 Å². The highest BCUT2D eigenvalue weighted by Gasteiger charge is 2.37. The van der Waals surface area contributed by atoms with Gasteiger partial charge in [0.15, 0.2) is 17.7 Å². The second-order valence-electron chi connectivity index (χ2n) is 5.33. The predicted octanol–water partition coefficient (Wildman–Crippen LogP) is -1.98. The van der Waals surface area contributed by atoms with Crippen LogP contribution in [0.5, 0.6) is 0 Å². The zero-order valence-corrected chi connectivity index (χ0v) is 14.6. The number of nitrogens with zero attached hydrogens (tertiary/aromatic N) is 4. The molecule has 16 heteroatoms. The van der Waals surface area contributed by atoms with Crippen LogP contribution in [0.3, 0.4) is 0 Å². The van der Waals surface area contributed by atoms with Crippen molar-refractivity contribution in [2.45, 2.75) is 24.9 Å². The van der Waals surface area contributed by atoms with Crippen molar-refractivity contribution in [2.24, 2.45) is 0 Å². The third-order valence-electron chi connectivity index (χ3n) is 3.45. The molecule has 1 fully saturated rings. The first kappa shape index (κ1) is 19.3. The van der Waals surface area contributed by atoms with Gasteiger partial charge in [-0.1, -0.05) is 0 Å². The Morgan fingerprint density at radius 1 is 1.38 bits per heavy atom. The molecule has 26 heavy (non-hydrogen) atoms. The summed E-state index contributed by atoms with van der Waals surface area (Å²) in [4.78, 5) is 42.0. The van der Waals surface area contributed by atoms with Crippen molar-refractivity contribution in [3.05, 3.63) is 12.7 Å². The van der Waals surface area contributed by atoms with E-state index in [1.54, 1.807) is 0 Å². The summed E-state index contributed by atoms with van der Waals surface area (Å²) in [5, 5.41) is 10.2. The SMILES string of the molecule is Nc1ncnc2c1ncn2[C@@H]1O[C@H](COP(=O)([O-])OP(=O)([O-])O)C[C@H]1O. The number of rotatable bonds is 6. The number of fused-ring (bicyclic) bond motifs is 1. The Kier molecular flexibility index (Phi) is 5.14. The number of nitrogens with two attached hydrogens (primary N) is 1. The van der Waals surface area contributed by atoms with E-state index < -0.39 is 40.7 Å². The fourth-order valence-corrected chi connectivity index (χ4v) is 4.02. The number of aliphatic hydroxyl groups is 1. The summed E-state index contributed by atoms with van der Waals surface area (Å²) < 4.78 is 36.5. The Morgan fingerprint density at radius 2 is 2.12 bits per heavy atom. The first-order chi connectivity index (χ1) is 12.1. The molecule has 3 rings (SSSR count). The number of ether oxygens (including phenoxy) is 1. The van der Waals surface area contributed by atoms with Gasteiger partial charge >= 0.3 is 0 Å². The first-order valence-electron chi connectivity index (χ1n) is 7.03. The second kappa shape index (κ2) is 6.93. The van der Waals surface area contributed by atoms with E-state index in [-0.39, 0.29) is 12.2 Å². The monoisotopic (exact) mass is 409 g/mol. The fourth-order valence-electron chi connectivity index (χ4n) is 2.47. The average Bonchev–Trinajstić information content (AvgIpc) is 3.07. The fraction of sp³-hybridized carbons (Fsp3) is 0.500. The molecule has 2 aromatic rings. The Hall–Kier alpha value is -1.47. The third-order valence-corrected chi connectivity index (χ3v) is 5.54. The van der Waals surface area contributed by atoms with E-state index in [9.17, 15) is 24.0 Å². The van der Waals surface area contributed by atoms with Crippen molar-refractivity contribution in [3.63, 3.8) is 0 Å². The van der Waals surface area contributed by atoms with Crippen LogP contribution in [0.15, 0.2) is 12.7 Å². The number of nitrogen functional groups attached to an aromatic ring is 1. The molecule has 2 unspecified atom stereocenters. The van der Waals surface area contributed by atoms with Crippen molar-refractivity contribution in [2.75, 3.05) is 12.3 Å².